The summed E-state index contributed by atoms with van der Waals surface area (Å²) in [5.41, 5.74) is 4.69. The van der Waals surface area contributed by atoms with Gasteiger partial charge in [-0.2, -0.15) is 13.2 Å². The van der Waals surface area contributed by atoms with Crippen LogP contribution < -0.4 is 5.32 Å². The minimum Gasteiger partial charge on any atom is -0.475 e. The number of carbonyl (C=O) groups is 1. The molecule has 3 heterocycles. The molecule has 4 aliphatic carbocycles. The molecule has 3 atom stereocenters. The minimum atomic E-state index is -5.08. The highest BCUT2D eigenvalue weighted by Gasteiger charge is 2.52. The Morgan fingerprint density at radius 2 is 2.09 bits per heavy atom. The fraction of sp³-hybridized carbons (Fsp3) is 0.720. The maximum absolute atomic E-state index is 10.6. The number of ether oxygens (including phenoxy) is 1. The molecule has 6 aliphatic rings. The fourth-order valence-electron chi connectivity index (χ4n) is 6.19. The topological polar surface area (TPSA) is 87.6 Å². The second kappa shape index (κ2) is 8.73. The third-order valence-electron chi connectivity index (χ3n) is 8.58. The van der Waals surface area contributed by atoms with Gasteiger partial charge in [-0.1, -0.05) is 25.5 Å². The molecule has 1 aromatic rings. The van der Waals surface area contributed by atoms with Crippen molar-refractivity contribution in [2.75, 3.05) is 31.6 Å². The summed E-state index contributed by atoms with van der Waals surface area (Å²) < 4.78 is 37.8. The van der Waals surface area contributed by atoms with E-state index in [-0.39, 0.29) is 5.41 Å². The second-order valence-corrected chi connectivity index (χ2v) is 11.3. The number of hydrogen-bond acceptors (Lipinski definition) is 6. The van der Waals surface area contributed by atoms with Crippen molar-refractivity contribution in [1.29, 1.82) is 0 Å². The molecular weight excluding hydrogens is 461 g/mol. The van der Waals surface area contributed by atoms with Crippen LogP contribution in [-0.2, 0) is 21.6 Å². The summed E-state index contributed by atoms with van der Waals surface area (Å²) in [4.78, 5) is 21.1. The van der Waals surface area contributed by atoms with Crippen molar-refractivity contribution in [3.8, 4) is 0 Å². The number of carboxylic acid groups (broad SMARTS) is 1. The van der Waals surface area contributed by atoms with Crippen LogP contribution in [0.3, 0.4) is 0 Å². The SMILES string of the molecule is CC1(C)[C@H]2CC=C(CN3CCC4(COCc5cnc(NC6CC6)nc54)C3)[C@@H]1C2.O=C(O)C(F)(F)F. The van der Waals surface area contributed by atoms with Gasteiger partial charge in [-0.05, 0) is 55.9 Å². The van der Waals surface area contributed by atoms with Gasteiger partial charge in [-0.15, -0.1) is 0 Å². The summed E-state index contributed by atoms with van der Waals surface area (Å²) in [5, 5.41) is 10.6. The van der Waals surface area contributed by atoms with E-state index in [1.54, 1.807) is 5.57 Å². The lowest BCUT2D eigenvalue weighted by molar-refractivity contribution is -0.192. The van der Waals surface area contributed by atoms with Gasteiger partial charge in [-0.25, -0.2) is 14.8 Å². The Kier molecular flexibility index (Phi) is 6.11. The average Bonchev–Trinajstić information content (AvgIpc) is 3.53. The molecule has 10 heteroatoms. The molecule has 1 unspecified atom stereocenters. The van der Waals surface area contributed by atoms with E-state index in [0.717, 1.165) is 50.4 Å². The van der Waals surface area contributed by atoms with Gasteiger partial charge in [0.1, 0.15) is 0 Å². The molecule has 2 saturated carbocycles. The van der Waals surface area contributed by atoms with Crippen molar-refractivity contribution in [2.24, 2.45) is 17.3 Å². The van der Waals surface area contributed by atoms with E-state index in [0.29, 0.717) is 18.1 Å². The Bertz CT molecular complexity index is 1020. The van der Waals surface area contributed by atoms with Crippen molar-refractivity contribution < 1.29 is 27.8 Å². The van der Waals surface area contributed by atoms with E-state index in [2.05, 4.69) is 35.1 Å². The maximum Gasteiger partial charge on any atom is 0.490 e. The number of carboxylic acids is 1. The van der Waals surface area contributed by atoms with E-state index in [4.69, 9.17) is 19.6 Å². The average molecular weight is 495 g/mol. The molecule has 1 spiro atoms. The number of nitrogens with zero attached hydrogens (tertiary/aromatic N) is 3. The number of nitrogens with one attached hydrogen (secondary N) is 1. The van der Waals surface area contributed by atoms with Gasteiger partial charge in [0.15, 0.2) is 0 Å². The predicted octanol–water partition coefficient (Wildman–Crippen LogP) is 4.15. The van der Waals surface area contributed by atoms with Gasteiger partial charge >= 0.3 is 12.1 Å². The highest BCUT2D eigenvalue weighted by Crippen LogP contribution is 2.59. The third-order valence-corrected chi connectivity index (χ3v) is 8.58. The third kappa shape index (κ3) is 4.79. The van der Waals surface area contributed by atoms with Crippen LogP contribution in [0.15, 0.2) is 17.8 Å². The van der Waals surface area contributed by atoms with Crippen molar-refractivity contribution >= 4 is 11.9 Å². The van der Waals surface area contributed by atoms with Crippen molar-refractivity contribution in [3.05, 3.63) is 29.1 Å². The number of likely N-dealkylation sites (tertiary alicyclic amines) is 1. The number of aromatic nitrogens is 2. The van der Waals surface area contributed by atoms with Crippen molar-refractivity contribution in [3.63, 3.8) is 0 Å². The van der Waals surface area contributed by atoms with Crippen molar-refractivity contribution in [1.82, 2.24) is 14.9 Å². The van der Waals surface area contributed by atoms with E-state index >= 15 is 0 Å². The van der Waals surface area contributed by atoms with Crippen LogP contribution in [-0.4, -0.2) is 64.4 Å². The Balaban J connectivity index is 0.000000320. The second-order valence-electron chi connectivity index (χ2n) is 11.3. The zero-order valence-electron chi connectivity index (χ0n) is 20.2. The lowest BCUT2D eigenvalue weighted by atomic mass is 9.49. The Morgan fingerprint density at radius 3 is 2.71 bits per heavy atom. The molecule has 192 valence electrons. The van der Waals surface area contributed by atoms with E-state index < -0.39 is 12.1 Å². The van der Waals surface area contributed by atoms with Crippen molar-refractivity contribution in [2.45, 2.75) is 70.2 Å². The fourth-order valence-corrected chi connectivity index (χ4v) is 6.19. The quantitative estimate of drug-likeness (QED) is 0.608. The summed E-state index contributed by atoms with van der Waals surface area (Å²) in [5.74, 6) is -0.223. The number of halogens is 3. The van der Waals surface area contributed by atoms with Crippen LogP contribution in [0.2, 0.25) is 0 Å². The monoisotopic (exact) mass is 494 g/mol. The molecule has 0 radical (unpaired) electrons. The van der Waals surface area contributed by atoms with Gasteiger partial charge in [0.25, 0.3) is 0 Å². The number of hydrogen-bond donors (Lipinski definition) is 2. The standard InChI is InChI=1S/C23H32N4O.C2HF3O2/c1-22(2)17-4-3-15(19(22)9-17)11-27-8-7-23(13-27)14-28-12-16-10-24-21(26-20(16)23)25-18-5-6-18;3-2(4,5)1(6)7/h3,10,17-19H,4-9,11-14H2,1-2H3,(H,24,25,26);(H,6,7)/t17-,19-,23?;/m0./s1. The van der Waals surface area contributed by atoms with Gasteiger partial charge in [-0.3, -0.25) is 4.90 Å². The molecule has 0 aromatic carbocycles. The first-order valence-electron chi connectivity index (χ1n) is 12.4. The molecule has 35 heavy (non-hydrogen) atoms. The number of aliphatic carboxylic acids is 1. The minimum absolute atomic E-state index is 0.0450. The van der Waals surface area contributed by atoms with Gasteiger partial charge in [0.2, 0.25) is 5.95 Å². The first-order chi connectivity index (χ1) is 16.5. The van der Waals surface area contributed by atoms with Gasteiger partial charge < -0.3 is 15.2 Å². The number of alkyl halides is 3. The van der Waals surface area contributed by atoms with Gasteiger partial charge in [0, 0.05) is 30.9 Å². The van der Waals surface area contributed by atoms with Crippen LogP contribution in [0, 0.1) is 17.3 Å². The molecule has 3 fully saturated rings. The Hall–Kier alpha value is -2.20. The summed E-state index contributed by atoms with van der Waals surface area (Å²) in [6, 6.07) is 0.585. The lowest BCUT2D eigenvalue weighted by Crippen LogP contribution is -2.50. The highest BCUT2D eigenvalue weighted by atomic mass is 19.4. The molecule has 2 bridgehead atoms. The molecule has 1 saturated heterocycles. The summed E-state index contributed by atoms with van der Waals surface area (Å²) in [6.45, 7) is 9.74. The first kappa shape index (κ1) is 24.5. The van der Waals surface area contributed by atoms with Crippen LogP contribution in [0.5, 0.6) is 0 Å². The summed E-state index contributed by atoms with van der Waals surface area (Å²) in [6.07, 6.45) is 5.80. The molecular formula is C25H33F3N4O3. The van der Waals surface area contributed by atoms with E-state index in [1.807, 2.05) is 6.20 Å². The largest absolute Gasteiger partial charge is 0.490 e. The lowest BCUT2D eigenvalue weighted by Gasteiger charge is -2.57. The zero-order valence-corrected chi connectivity index (χ0v) is 20.2. The first-order valence-corrected chi connectivity index (χ1v) is 12.4. The number of anilines is 1. The highest BCUT2D eigenvalue weighted by molar-refractivity contribution is 5.73. The normalized spacial score (nSPS) is 31.1. The van der Waals surface area contributed by atoms with Crippen LogP contribution in [0.25, 0.3) is 0 Å². The van der Waals surface area contributed by atoms with E-state index in [1.165, 1.54) is 36.9 Å². The molecule has 2 aliphatic heterocycles. The van der Waals surface area contributed by atoms with Crippen LogP contribution in [0.1, 0.15) is 57.2 Å². The van der Waals surface area contributed by atoms with E-state index in [9.17, 15) is 13.2 Å². The number of fused-ring (bicyclic) bond motifs is 3. The zero-order chi connectivity index (χ0) is 25.0. The predicted molar refractivity (Wildman–Crippen MR) is 123 cm³/mol. The number of rotatable bonds is 4. The summed E-state index contributed by atoms with van der Waals surface area (Å²) in [7, 11) is 0. The van der Waals surface area contributed by atoms with Crippen LogP contribution >= 0.6 is 0 Å². The summed E-state index contributed by atoms with van der Waals surface area (Å²) >= 11 is 0. The smallest absolute Gasteiger partial charge is 0.475 e. The molecule has 7 rings (SSSR count). The molecule has 1 aromatic heterocycles. The maximum atomic E-state index is 10.6. The Morgan fingerprint density at radius 1 is 1.34 bits per heavy atom. The molecule has 2 N–H and O–H groups in total. The van der Waals surface area contributed by atoms with Crippen LogP contribution in [0.4, 0.5) is 19.1 Å². The number of allylic oxidation sites excluding steroid dienone is 1. The Labute approximate surface area is 203 Å². The van der Waals surface area contributed by atoms with Gasteiger partial charge in [0.05, 0.1) is 24.3 Å². The molecule has 7 nitrogen and oxygen atoms in total. The molecule has 0 amide bonds.